The van der Waals surface area contributed by atoms with Crippen molar-refractivity contribution >= 4 is 17.4 Å². The normalized spacial score (nSPS) is 22.4. The number of hydrogen-bond donors (Lipinski definition) is 1. The lowest BCUT2D eigenvalue weighted by Gasteiger charge is -2.43. The molecule has 2 fully saturated rings. The van der Waals surface area contributed by atoms with E-state index >= 15 is 0 Å². The highest BCUT2D eigenvalue weighted by molar-refractivity contribution is 5.93. The highest BCUT2D eigenvalue weighted by atomic mass is 16.5. The number of aliphatic hydroxyl groups is 1. The smallest absolute Gasteiger partial charge is 0.274 e. The van der Waals surface area contributed by atoms with Gasteiger partial charge >= 0.3 is 0 Å². The summed E-state index contributed by atoms with van der Waals surface area (Å²) in [6, 6.07) is 4.04. The minimum atomic E-state index is -0.800. The van der Waals surface area contributed by atoms with Crippen molar-refractivity contribution in [1.29, 1.82) is 0 Å². The Bertz CT molecular complexity index is 1030. The van der Waals surface area contributed by atoms with E-state index in [9.17, 15) is 9.90 Å². The van der Waals surface area contributed by atoms with Gasteiger partial charge in [0.2, 0.25) is 0 Å². The SMILES string of the molecule is Cc1cc(C(=O)N2CC(C)(O)C2)nnc1N1CCc2ncc(N3CCO[C@H](C)C3)cc2C1. The third kappa shape index (κ3) is 4.02. The van der Waals surface area contributed by atoms with Crippen LogP contribution in [-0.2, 0) is 17.7 Å². The number of aromatic nitrogens is 3. The number of carbonyl (C=O) groups is 1. The predicted octanol–water partition coefficient (Wildman–Crippen LogP) is 1.17. The summed E-state index contributed by atoms with van der Waals surface area (Å²) in [5.74, 6) is 0.615. The summed E-state index contributed by atoms with van der Waals surface area (Å²) in [4.78, 5) is 23.5. The van der Waals surface area contributed by atoms with Gasteiger partial charge in [0.05, 0.1) is 43.3 Å². The van der Waals surface area contributed by atoms with Crippen LogP contribution in [0.4, 0.5) is 11.5 Å². The summed E-state index contributed by atoms with van der Waals surface area (Å²) < 4.78 is 5.67. The van der Waals surface area contributed by atoms with Crippen LogP contribution in [0.15, 0.2) is 18.3 Å². The first-order chi connectivity index (χ1) is 15.3. The van der Waals surface area contributed by atoms with Crippen molar-refractivity contribution in [3.8, 4) is 0 Å². The molecule has 0 bridgehead atoms. The van der Waals surface area contributed by atoms with Crippen molar-refractivity contribution in [2.45, 2.75) is 45.4 Å². The largest absolute Gasteiger partial charge is 0.386 e. The van der Waals surface area contributed by atoms with Gasteiger partial charge in [0, 0.05) is 38.3 Å². The summed E-state index contributed by atoms with van der Waals surface area (Å²) in [6.45, 7) is 10.5. The van der Waals surface area contributed by atoms with Gasteiger partial charge in [-0.15, -0.1) is 10.2 Å². The molecule has 9 nitrogen and oxygen atoms in total. The zero-order valence-corrected chi connectivity index (χ0v) is 18.9. The molecule has 2 aromatic heterocycles. The first-order valence-corrected chi connectivity index (χ1v) is 11.2. The third-order valence-electron chi connectivity index (χ3n) is 6.46. The maximum Gasteiger partial charge on any atom is 0.274 e. The Labute approximate surface area is 188 Å². The number of nitrogens with zero attached hydrogens (tertiary/aromatic N) is 6. The molecule has 2 saturated heterocycles. The molecule has 3 aliphatic heterocycles. The van der Waals surface area contributed by atoms with Crippen molar-refractivity contribution in [2.24, 2.45) is 0 Å². The number of amides is 1. The van der Waals surface area contributed by atoms with E-state index in [1.165, 1.54) is 5.56 Å². The van der Waals surface area contributed by atoms with E-state index in [1.807, 2.05) is 13.1 Å². The summed E-state index contributed by atoms with van der Waals surface area (Å²) in [7, 11) is 0. The Hall–Kier alpha value is -2.78. The Morgan fingerprint density at radius 2 is 2.03 bits per heavy atom. The van der Waals surface area contributed by atoms with E-state index in [4.69, 9.17) is 9.72 Å². The van der Waals surface area contributed by atoms with Crippen LogP contribution in [0.1, 0.15) is 41.2 Å². The topological polar surface area (TPSA) is 94.9 Å². The number of β-amino-alcohol motifs (C(OH)–C–C–N with tert-alkyl or cyclic N) is 1. The highest BCUT2D eigenvalue weighted by Gasteiger charge is 2.40. The molecule has 0 radical (unpaired) electrons. The van der Waals surface area contributed by atoms with Crippen LogP contribution in [0.5, 0.6) is 0 Å². The third-order valence-corrected chi connectivity index (χ3v) is 6.46. The van der Waals surface area contributed by atoms with Crippen LogP contribution >= 0.6 is 0 Å². The zero-order chi connectivity index (χ0) is 22.5. The summed E-state index contributed by atoms with van der Waals surface area (Å²) in [5, 5.41) is 18.5. The fourth-order valence-electron chi connectivity index (χ4n) is 4.80. The minimum absolute atomic E-state index is 0.184. The lowest BCUT2D eigenvalue weighted by molar-refractivity contribution is -0.0671. The van der Waals surface area contributed by atoms with Gasteiger partial charge in [-0.1, -0.05) is 0 Å². The quantitative estimate of drug-likeness (QED) is 0.763. The second kappa shape index (κ2) is 7.97. The molecule has 5 heterocycles. The molecule has 9 heteroatoms. The predicted molar refractivity (Wildman–Crippen MR) is 120 cm³/mol. The molecule has 0 saturated carbocycles. The number of anilines is 2. The lowest BCUT2D eigenvalue weighted by Crippen LogP contribution is -2.61. The average Bonchev–Trinajstić information content (AvgIpc) is 2.76. The highest BCUT2D eigenvalue weighted by Crippen LogP contribution is 2.28. The monoisotopic (exact) mass is 438 g/mol. The Kier molecular flexibility index (Phi) is 5.25. The van der Waals surface area contributed by atoms with Crippen molar-refractivity contribution < 1.29 is 14.6 Å². The van der Waals surface area contributed by atoms with Crippen LogP contribution in [0.3, 0.4) is 0 Å². The van der Waals surface area contributed by atoms with Gasteiger partial charge in [0.25, 0.3) is 5.91 Å². The van der Waals surface area contributed by atoms with Crippen LogP contribution < -0.4 is 9.80 Å². The van der Waals surface area contributed by atoms with Gasteiger partial charge in [-0.3, -0.25) is 9.78 Å². The van der Waals surface area contributed by atoms with Gasteiger partial charge in [-0.2, -0.15) is 0 Å². The first kappa shape index (κ1) is 21.1. The van der Waals surface area contributed by atoms with E-state index in [0.29, 0.717) is 25.3 Å². The number of morpholine rings is 1. The van der Waals surface area contributed by atoms with Crippen molar-refractivity contribution in [2.75, 3.05) is 49.1 Å². The fourth-order valence-corrected chi connectivity index (χ4v) is 4.80. The molecule has 170 valence electrons. The number of aryl methyl sites for hydroxylation is 1. The van der Waals surface area contributed by atoms with E-state index in [1.54, 1.807) is 17.9 Å². The molecule has 5 rings (SSSR count). The molecule has 32 heavy (non-hydrogen) atoms. The van der Waals surface area contributed by atoms with Crippen molar-refractivity contribution in [3.63, 3.8) is 0 Å². The van der Waals surface area contributed by atoms with Crippen LogP contribution in [0.25, 0.3) is 0 Å². The van der Waals surface area contributed by atoms with E-state index in [0.717, 1.165) is 55.4 Å². The molecule has 0 unspecified atom stereocenters. The number of hydrogen-bond acceptors (Lipinski definition) is 8. The van der Waals surface area contributed by atoms with Crippen LogP contribution in [0, 0.1) is 6.92 Å². The Morgan fingerprint density at radius 1 is 1.22 bits per heavy atom. The van der Waals surface area contributed by atoms with E-state index < -0.39 is 5.60 Å². The fraction of sp³-hybridized carbons (Fsp3) is 0.565. The number of pyridine rings is 1. The maximum atomic E-state index is 12.6. The molecule has 1 amide bonds. The number of ether oxygens (including phenoxy) is 1. The van der Waals surface area contributed by atoms with E-state index in [-0.39, 0.29) is 12.0 Å². The van der Waals surface area contributed by atoms with Gasteiger partial charge in [0.1, 0.15) is 0 Å². The maximum absolute atomic E-state index is 12.6. The molecule has 2 aromatic rings. The summed E-state index contributed by atoms with van der Waals surface area (Å²) >= 11 is 0. The molecule has 0 aliphatic carbocycles. The Morgan fingerprint density at radius 3 is 2.75 bits per heavy atom. The molecular weight excluding hydrogens is 408 g/mol. The van der Waals surface area contributed by atoms with Crippen molar-refractivity contribution in [3.05, 3.63) is 40.8 Å². The van der Waals surface area contributed by atoms with Gasteiger partial charge in [-0.25, -0.2) is 0 Å². The average molecular weight is 439 g/mol. The first-order valence-electron chi connectivity index (χ1n) is 11.2. The molecule has 1 atom stereocenters. The second-order valence-electron chi connectivity index (χ2n) is 9.49. The van der Waals surface area contributed by atoms with Gasteiger partial charge in [0.15, 0.2) is 11.5 Å². The van der Waals surface area contributed by atoms with Gasteiger partial charge < -0.3 is 24.5 Å². The Balaban J connectivity index is 1.32. The number of carbonyl (C=O) groups excluding carboxylic acids is 1. The number of likely N-dealkylation sites (tertiary alicyclic amines) is 1. The summed E-state index contributed by atoms with van der Waals surface area (Å²) in [6.07, 6.45) is 3.04. The van der Waals surface area contributed by atoms with Crippen LogP contribution in [0.2, 0.25) is 0 Å². The molecular formula is C23H30N6O3. The molecule has 3 aliphatic rings. The minimum Gasteiger partial charge on any atom is -0.386 e. The molecule has 0 spiro atoms. The van der Waals surface area contributed by atoms with E-state index in [2.05, 4.69) is 33.0 Å². The second-order valence-corrected chi connectivity index (χ2v) is 9.49. The lowest BCUT2D eigenvalue weighted by atomic mass is 9.96. The standard InChI is InChI=1S/C23H30N6O3/c1-15-8-20(22(30)29-13-23(3,31)14-29)25-26-21(15)28-5-4-19-17(12-28)9-18(10-24-19)27-6-7-32-16(2)11-27/h8-10,16,31H,4-7,11-14H2,1-3H3/t16-/m1/s1. The van der Waals surface area contributed by atoms with Crippen LogP contribution in [-0.4, -0.2) is 82.1 Å². The van der Waals surface area contributed by atoms with Crippen molar-refractivity contribution in [1.82, 2.24) is 20.1 Å². The van der Waals surface area contributed by atoms with Gasteiger partial charge in [-0.05, 0) is 44.0 Å². The number of fused-ring (bicyclic) bond motifs is 1. The molecule has 0 aromatic carbocycles. The number of rotatable bonds is 3. The summed E-state index contributed by atoms with van der Waals surface area (Å²) in [5.41, 5.74) is 3.92. The zero-order valence-electron chi connectivity index (χ0n) is 18.9. The molecule has 1 N–H and O–H groups in total.